The molecule has 1 N–H and O–H groups in total. The zero-order chi connectivity index (χ0) is 14.1. The zero-order valence-corrected chi connectivity index (χ0v) is 12.9. The van der Waals surface area contributed by atoms with Crippen molar-refractivity contribution in [2.75, 3.05) is 6.54 Å². The maximum Gasteiger partial charge on any atom is 0.219 e. The molecule has 4 heteroatoms. The van der Waals surface area contributed by atoms with Crippen molar-refractivity contribution < 1.29 is 4.42 Å². The summed E-state index contributed by atoms with van der Waals surface area (Å²) in [4.78, 5) is 0. The van der Waals surface area contributed by atoms with Gasteiger partial charge >= 0.3 is 0 Å². The molecule has 0 aromatic carbocycles. The van der Waals surface area contributed by atoms with E-state index < -0.39 is 0 Å². The molecule has 3 unspecified atom stereocenters. The molecule has 0 radical (unpaired) electrons. The van der Waals surface area contributed by atoms with Gasteiger partial charge in [-0.3, -0.25) is 0 Å². The molecule has 3 atom stereocenters. The summed E-state index contributed by atoms with van der Waals surface area (Å²) in [6, 6.07) is 0.758. The van der Waals surface area contributed by atoms with E-state index in [4.69, 9.17) is 4.42 Å². The summed E-state index contributed by atoms with van der Waals surface area (Å²) in [6.07, 6.45) is 13.2. The highest BCUT2D eigenvalue weighted by Crippen LogP contribution is 2.45. The van der Waals surface area contributed by atoms with E-state index in [0.717, 1.165) is 42.6 Å². The molecule has 3 aliphatic carbocycles. The van der Waals surface area contributed by atoms with Crippen molar-refractivity contribution >= 4 is 0 Å². The first-order chi connectivity index (χ1) is 10.4. The Morgan fingerprint density at radius 2 is 1.81 bits per heavy atom. The average Bonchev–Trinajstić information content (AvgIpc) is 3.23. The molecule has 0 amide bonds. The van der Waals surface area contributed by atoms with Gasteiger partial charge in [-0.15, -0.1) is 10.2 Å². The number of aromatic nitrogens is 2. The molecular weight excluding hydrogens is 262 g/mol. The van der Waals surface area contributed by atoms with Crippen LogP contribution < -0.4 is 5.32 Å². The van der Waals surface area contributed by atoms with Gasteiger partial charge in [0.15, 0.2) is 0 Å². The third-order valence-electron chi connectivity index (χ3n) is 5.72. The molecular formula is C17H27N3O. The maximum atomic E-state index is 5.94. The number of nitrogens with one attached hydrogen (secondary N) is 1. The lowest BCUT2D eigenvalue weighted by Gasteiger charge is -2.38. The fraction of sp³-hybridized carbons (Fsp3) is 0.882. The Hall–Kier alpha value is -0.900. The zero-order valence-electron chi connectivity index (χ0n) is 12.9. The fourth-order valence-corrected chi connectivity index (χ4v) is 4.30. The van der Waals surface area contributed by atoms with E-state index in [2.05, 4.69) is 15.5 Å². The normalized spacial score (nSPS) is 32.9. The lowest BCUT2D eigenvalue weighted by atomic mass is 9.67. The van der Waals surface area contributed by atoms with E-state index in [-0.39, 0.29) is 0 Å². The van der Waals surface area contributed by atoms with Crippen molar-refractivity contribution in [3.8, 4) is 0 Å². The Bertz CT molecular complexity index is 468. The largest absolute Gasteiger partial charge is 0.425 e. The van der Waals surface area contributed by atoms with Gasteiger partial charge < -0.3 is 9.73 Å². The van der Waals surface area contributed by atoms with Crippen molar-refractivity contribution in [1.82, 2.24) is 15.5 Å². The summed E-state index contributed by atoms with van der Waals surface area (Å²) >= 11 is 0. The first kappa shape index (κ1) is 13.7. The number of hydrogen-bond acceptors (Lipinski definition) is 4. The second-order valence-corrected chi connectivity index (χ2v) is 7.33. The standard InChI is InChI=1S/C17H27N3O/c1-2-4-13-11-14(6-5-12(13)3-1)17-20-19-16(21-17)9-10-18-15-7-8-15/h12-15,18H,1-11H2. The Labute approximate surface area is 127 Å². The van der Waals surface area contributed by atoms with Gasteiger partial charge in [0.2, 0.25) is 11.8 Å². The Morgan fingerprint density at radius 1 is 0.952 bits per heavy atom. The first-order valence-electron chi connectivity index (χ1n) is 8.94. The number of hydrogen-bond donors (Lipinski definition) is 1. The van der Waals surface area contributed by atoms with Crippen LogP contribution in [0.4, 0.5) is 0 Å². The molecule has 0 aliphatic heterocycles. The van der Waals surface area contributed by atoms with Gasteiger partial charge in [-0.2, -0.15) is 0 Å². The minimum absolute atomic E-state index is 0.530. The monoisotopic (exact) mass is 289 g/mol. The first-order valence-corrected chi connectivity index (χ1v) is 8.94. The highest BCUT2D eigenvalue weighted by atomic mass is 16.4. The Kier molecular flexibility index (Phi) is 3.97. The van der Waals surface area contributed by atoms with E-state index in [1.165, 1.54) is 57.8 Å². The highest BCUT2D eigenvalue weighted by molar-refractivity contribution is 4.97. The van der Waals surface area contributed by atoms with E-state index in [1.807, 2.05) is 0 Å². The molecule has 3 saturated carbocycles. The maximum absolute atomic E-state index is 5.94. The molecule has 0 spiro atoms. The topological polar surface area (TPSA) is 51.0 Å². The predicted molar refractivity (Wildman–Crippen MR) is 81.1 cm³/mol. The van der Waals surface area contributed by atoms with Crippen LogP contribution >= 0.6 is 0 Å². The third kappa shape index (κ3) is 3.31. The number of fused-ring (bicyclic) bond motifs is 1. The molecule has 1 aromatic heterocycles. The quantitative estimate of drug-likeness (QED) is 0.902. The highest BCUT2D eigenvalue weighted by Gasteiger charge is 2.34. The molecule has 1 aromatic rings. The van der Waals surface area contributed by atoms with Gasteiger partial charge in [-0.1, -0.05) is 25.7 Å². The molecule has 3 fully saturated rings. The summed E-state index contributed by atoms with van der Waals surface area (Å²) in [5.74, 6) is 4.18. The summed E-state index contributed by atoms with van der Waals surface area (Å²) in [6.45, 7) is 0.974. The van der Waals surface area contributed by atoms with Gasteiger partial charge in [0.05, 0.1) is 0 Å². The second-order valence-electron chi connectivity index (χ2n) is 7.33. The van der Waals surface area contributed by atoms with Crippen LogP contribution in [0.5, 0.6) is 0 Å². The molecule has 1 heterocycles. The summed E-state index contributed by atoms with van der Waals surface area (Å²) in [7, 11) is 0. The molecule has 0 saturated heterocycles. The van der Waals surface area contributed by atoms with E-state index >= 15 is 0 Å². The summed E-state index contributed by atoms with van der Waals surface area (Å²) in [5.41, 5.74) is 0. The van der Waals surface area contributed by atoms with Crippen LogP contribution in [-0.4, -0.2) is 22.8 Å². The van der Waals surface area contributed by atoms with Gasteiger partial charge in [0.25, 0.3) is 0 Å². The van der Waals surface area contributed by atoms with Crippen molar-refractivity contribution in [3.63, 3.8) is 0 Å². The van der Waals surface area contributed by atoms with Crippen LogP contribution in [0.2, 0.25) is 0 Å². The van der Waals surface area contributed by atoms with Crippen molar-refractivity contribution in [3.05, 3.63) is 11.8 Å². The van der Waals surface area contributed by atoms with Crippen LogP contribution in [0.3, 0.4) is 0 Å². The minimum atomic E-state index is 0.530. The number of rotatable bonds is 5. The van der Waals surface area contributed by atoms with Gasteiger partial charge in [0.1, 0.15) is 0 Å². The Morgan fingerprint density at radius 3 is 2.67 bits per heavy atom. The SMILES string of the molecule is C1CCC2CC(c3nnc(CCNC4CC4)o3)CCC2C1. The Balaban J connectivity index is 1.32. The van der Waals surface area contributed by atoms with Gasteiger partial charge in [-0.05, 0) is 43.9 Å². The van der Waals surface area contributed by atoms with E-state index in [9.17, 15) is 0 Å². The molecule has 21 heavy (non-hydrogen) atoms. The van der Waals surface area contributed by atoms with Crippen LogP contribution in [0.15, 0.2) is 4.42 Å². The predicted octanol–water partition coefficient (Wildman–Crippen LogP) is 3.44. The van der Waals surface area contributed by atoms with Crippen LogP contribution in [-0.2, 0) is 6.42 Å². The smallest absolute Gasteiger partial charge is 0.219 e. The second kappa shape index (κ2) is 6.07. The molecule has 3 aliphatic rings. The van der Waals surface area contributed by atoms with Crippen molar-refractivity contribution in [1.29, 1.82) is 0 Å². The third-order valence-corrected chi connectivity index (χ3v) is 5.72. The van der Waals surface area contributed by atoms with Gasteiger partial charge in [0, 0.05) is 24.9 Å². The lowest BCUT2D eigenvalue weighted by molar-refractivity contribution is 0.145. The van der Waals surface area contributed by atoms with Crippen molar-refractivity contribution in [2.45, 2.75) is 76.2 Å². The molecule has 116 valence electrons. The fourth-order valence-electron chi connectivity index (χ4n) is 4.30. The molecule has 0 bridgehead atoms. The molecule has 4 nitrogen and oxygen atoms in total. The number of nitrogens with zero attached hydrogens (tertiary/aromatic N) is 2. The minimum Gasteiger partial charge on any atom is -0.425 e. The van der Waals surface area contributed by atoms with E-state index in [0.29, 0.717) is 5.92 Å². The van der Waals surface area contributed by atoms with Crippen molar-refractivity contribution in [2.24, 2.45) is 11.8 Å². The van der Waals surface area contributed by atoms with Crippen LogP contribution in [0, 0.1) is 11.8 Å². The molecule has 4 rings (SSSR count). The van der Waals surface area contributed by atoms with Crippen LogP contribution in [0.1, 0.15) is 75.5 Å². The summed E-state index contributed by atoms with van der Waals surface area (Å²) in [5, 5.41) is 12.1. The average molecular weight is 289 g/mol. The summed E-state index contributed by atoms with van der Waals surface area (Å²) < 4.78 is 5.94. The van der Waals surface area contributed by atoms with Crippen LogP contribution in [0.25, 0.3) is 0 Å². The van der Waals surface area contributed by atoms with Gasteiger partial charge in [-0.25, -0.2) is 0 Å². The lowest BCUT2D eigenvalue weighted by Crippen LogP contribution is -2.26. The van der Waals surface area contributed by atoms with E-state index in [1.54, 1.807) is 0 Å².